The summed E-state index contributed by atoms with van der Waals surface area (Å²) in [5, 5.41) is 9.63. The number of rotatable bonds is 6. The smallest absolute Gasteiger partial charge is 0.309 e. The number of esters is 1. The minimum absolute atomic E-state index is 0.0909. The maximum Gasteiger partial charge on any atom is 0.309 e. The molecule has 1 aliphatic rings. The molecule has 0 bridgehead atoms. The molecular weight excluding hydrogens is 400 g/mol. The third-order valence-electron chi connectivity index (χ3n) is 4.73. The summed E-state index contributed by atoms with van der Waals surface area (Å²) in [5.74, 6) is 1.26. The first-order valence-electron chi connectivity index (χ1n) is 8.36. The fraction of sp³-hybridized carbons (Fsp3) is 0.350. The highest BCUT2D eigenvalue weighted by Crippen LogP contribution is 2.34. The van der Waals surface area contributed by atoms with E-state index >= 15 is 0 Å². The van der Waals surface area contributed by atoms with Crippen molar-refractivity contribution in [2.45, 2.75) is 12.8 Å². The van der Waals surface area contributed by atoms with E-state index in [0.717, 1.165) is 17.5 Å². The van der Waals surface area contributed by atoms with Crippen molar-refractivity contribution >= 4 is 21.9 Å². The Bertz CT molecular complexity index is 805. The molecule has 0 aromatic heterocycles. The van der Waals surface area contributed by atoms with Crippen LogP contribution in [-0.4, -0.2) is 31.9 Å². The maximum atomic E-state index is 12.2. The third-order valence-corrected chi connectivity index (χ3v) is 5.36. The van der Waals surface area contributed by atoms with Crippen molar-refractivity contribution in [1.29, 1.82) is 0 Å². The lowest BCUT2D eigenvalue weighted by Crippen LogP contribution is -2.20. The summed E-state index contributed by atoms with van der Waals surface area (Å²) in [7, 11) is 3.21. The number of cyclic esters (lactones) is 1. The van der Waals surface area contributed by atoms with Gasteiger partial charge in [0.25, 0.3) is 0 Å². The Balaban J connectivity index is 1.76. The van der Waals surface area contributed by atoms with E-state index in [1.165, 1.54) is 0 Å². The number of benzene rings is 2. The van der Waals surface area contributed by atoms with Crippen molar-refractivity contribution in [3.8, 4) is 17.2 Å². The molecule has 1 heterocycles. The predicted molar refractivity (Wildman–Crippen MR) is 101 cm³/mol. The molecule has 0 amide bonds. The number of carbonyl (C=O) groups excluding carboxylic acids is 1. The standard InChI is InChI=1S/C20H21BrO5/c1-24-18-6-4-12(10-19(18)25-2)7-14-11-26-20(23)15(14)8-13-3-5-17(22)16(21)9-13/h3-6,9-10,14-15,22H,7-8,11H2,1-2H3/t14-,15+/m0/s1. The van der Waals surface area contributed by atoms with E-state index in [1.807, 2.05) is 30.3 Å². The summed E-state index contributed by atoms with van der Waals surface area (Å²) >= 11 is 3.32. The second-order valence-electron chi connectivity index (χ2n) is 6.38. The lowest BCUT2D eigenvalue weighted by molar-refractivity contribution is -0.141. The highest BCUT2D eigenvalue weighted by atomic mass is 79.9. The Kier molecular flexibility index (Phi) is 5.71. The molecule has 2 aromatic carbocycles. The minimum atomic E-state index is -0.209. The van der Waals surface area contributed by atoms with Crippen molar-refractivity contribution in [2.75, 3.05) is 20.8 Å². The summed E-state index contributed by atoms with van der Waals surface area (Å²) in [6, 6.07) is 11.1. The van der Waals surface area contributed by atoms with Crippen LogP contribution in [0.5, 0.6) is 17.2 Å². The van der Waals surface area contributed by atoms with E-state index < -0.39 is 0 Å². The van der Waals surface area contributed by atoms with E-state index in [4.69, 9.17) is 14.2 Å². The molecule has 1 saturated heterocycles. The average molecular weight is 421 g/mol. The van der Waals surface area contributed by atoms with Crippen molar-refractivity contribution in [3.63, 3.8) is 0 Å². The molecule has 0 aliphatic carbocycles. The highest BCUT2D eigenvalue weighted by molar-refractivity contribution is 9.10. The zero-order valence-corrected chi connectivity index (χ0v) is 16.3. The number of ether oxygens (including phenoxy) is 3. The molecule has 5 nitrogen and oxygen atoms in total. The molecular formula is C20H21BrO5. The van der Waals surface area contributed by atoms with E-state index in [-0.39, 0.29) is 23.6 Å². The zero-order chi connectivity index (χ0) is 18.7. The molecule has 1 aliphatic heterocycles. The van der Waals surface area contributed by atoms with E-state index in [2.05, 4.69) is 15.9 Å². The van der Waals surface area contributed by atoms with Crippen LogP contribution in [0.15, 0.2) is 40.9 Å². The summed E-state index contributed by atoms with van der Waals surface area (Å²) in [4.78, 5) is 12.2. The first-order valence-corrected chi connectivity index (χ1v) is 9.16. The van der Waals surface area contributed by atoms with Gasteiger partial charge in [-0.15, -0.1) is 0 Å². The van der Waals surface area contributed by atoms with E-state index in [9.17, 15) is 9.90 Å². The number of carbonyl (C=O) groups is 1. The number of phenols is 1. The average Bonchev–Trinajstić information content (AvgIpc) is 2.98. The van der Waals surface area contributed by atoms with Gasteiger partial charge in [0.15, 0.2) is 11.5 Å². The summed E-state index contributed by atoms with van der Waals surface area (Å²) in [5.41, 5.74) is 2.05. The van der Waals surface area contributed by atoms with Gasteiger partial charge in [-0.05, 0) is 64.2 Å². The number of halogens is 1. The van der Waals surface area contributed by atoms with Crippen molar-refractivity contribution in [1.82, 2.24) is 0 Å². The molecule has 6 heteroatoms. The van der Waals surface area contributed by atoms with Gasteiger partial charge in [-0.1, -0.05) is 12.1 Å². The summed E-state index contributed by atoms with van der Waals surface area (Å²) in [6.07, 6.45) is 1.30. The molecule has 0 spiro atoms. The van der Waals surface area contributed by atoms with Gasteiger partial charge in [0.05, 0.1) is 31.2 Å². The van der Waals surface area contributed by atoms with Crippen LogP contribution in [0.25, 0.3) is 0 Å². The topological polar surface area (TPSA) is 65.0 Å². The van der Waals surface area contributed by atoms with Gasteiger partial charge in [-0.25, -0.2) is 0 Å². The van der Waals surface area contributed by atoms with Crippen LogP contribution in [0.2, 0.25) is 0 Å². The maximum absolute atomic E-state index is 12.2. The molecule has 1 fully saturated rings. The van der Waals surface area contributed by atoms with Gasteiger partial charge in [-0.2, -0.15) is 0 Å². The van der Waals surface area contributed by atoms with Crippen LogP contribution < -0.4 is 9.47 Å². The highest BCUT2D eigenvalue weighted by Gasteiger charge is 2.37. The Morgan fingerprint density at radius 1 is 1.08 bits per heavy atom. The lowest BCUT2D eigenvalue weighted by Gasteiger charge is -2.17. The molecule has 2 aromatic rings. The molecule has 0 unspecified atom stereocenters. The second kappa shape index (κ2) is 7.99. The summed E-state index contributed by atoms with van der Waals surface area (Å²) in [6.45, 7) is 0.414. The van der Waals surface area contributed by atoms with Crippen molar-refractivity contribution in [2.24, 2.45) is 11.8 Å². The minimum Gasteiger partial charge on any atom is -0.507 e. The number of methoxy groups -OCH3 is 2. The van der Waals surface area contributed by atoms with Gasteiger partial charge in [0, 0.05) is 5.92 Å². The molecule has 0 saturated carbocycles. The predicted octanol–water partition coefficient (Wildman–Crippen LogP) is 3.75. The van der Waals surface area contributed by atoms with Gasteiger partial charge < -0.3 is 19.3 Å². The monoisotopic (exact) mass is 420 g/mol. The molecule has 2 atom stereocenters. The molecule has 1 N–H and O–H groups in total. The molecule has 138 valence electrons. The number of hydrogen-bond acceptors (Lipinski definition) is 5. The van der Waals surface area contributed by atoms with Crippen molar-refractivity contribution in [3.05, 3.63) is 52.0 Å². The van der Waals surface area contributed by atoms with Gasteiger partial charge in [-0.3, -0.25) is 4.79 Å². The Labute approximate surface area is 161 Å². The quantitative estimate of drug-likeness (QED) is 0.720. The van der Waals surface area contributed by atoms with E-state index in [0.29, 0.717) is 29.0 Å². The van der Waals surface area contributed by atoms with Crippen LogP contribution >= 0.6 is 15.9 Å². The van der Waals surface area contributed by atoms with Crippen LogP contribution in [-0.2, 0) is 22.4 Å². The fourth-order valence-corrected chi connectivity index (χ4v) is 3.72. The first-order chi connectivity index (χ1) is 12.5. The van der Waals surface area contributed by atoms with E-state index in [1.54, 1.807) is 20.3 Å². The molecule has 3 rings (SSSR count). The van der Waals surface area contributed by atoms with Crippen LogP contribution in [0, 0.1) is 11.8 Å². The fourth-order valence-electron chi connectivity index (χ4n) is 3.30. The number of aromatic hydroxyl groups is 1. The van der Waals surface area contributed by atoms with Gasteiger partial charge in [0.1, 0.15) is 5.75 Å². The zero-order valence-electron chi connectivity index (χ0n) is 14.7. The van der Waals surface area contributed by atoms with Crippen LogP contribution in [0.3, 0.4) is 0 Å². The largest absolute Gasteiger partial charge is 0.507 e. The number of phenolic OH excluding ortho intramolecular Hbond substituents is 1. The summed E-state index contributed by atoms with van der Waals surface area (Å²) < 4.78 is 16.6. The Hall–Kier alpha value is -2.21. The van der Waals surface area contributed by atoms with Gasteiger partial charge >= 0.3 is 5.97 Å². The van der Waals surface area contributed by atoms with Crippen molar-refractivity contribution < 1.29 is 24.1 Å². The Morgan fingerprint density at radius 3 is 2.46 bits per heavy atom. The third kappa shape index (κ3) is 3.96. The van der Waals surface area contributed by atoms with Gasteiger partial charge in [0.2, 0.25) is 0 Å². The molecule has 0 radical (unpaired) electrons. The van der Waals surface area contributed by atoms with Crippen LogP contribution in [0.1, 0.15) is 11.1 Å². The SMILES string of the molecule is COc1ccc(C[C@H]2COC(=O)[C@@H]2Cc2ccc(O)c(Br)c2)cc1OC. The number of hydrogen-bond donors (Lipinski definition) is 1. The Morgan fingerprint density at radius 2 is 1.77 bits per heavy atom. The second-order valence-corrected chi connectivity index (χ2v) is 7.23. The normalized spacial score (nSPS) is 19.3. The molecule has 26 heavy (non-hydrogen) atoms. The first kappa shape index (κ1) is 18.6. The van der Waals surface area contributed by atoms with Crippen LogP contribution in [0.4, 0.5) is 0 Å². The lowest BCUT2D eigenvalue weighted by atomic mass is 9.85.